The number of hydrogen-bond acceptors (Lipinski definition) is 5. The van der Waals surface area contributed by atoms with Gasteiger partial charge in [0.1, 0.15) is 22.5 Å². The Labute approximate surface area is 187 Å². The molecule has 0 bridgehead atoms. The summed E-state index contributed by atoms with van der Waals surface area (Å²) in [6.45, 7) is 0. The van der Waals surface area contributed by atoms with E-state index in [9.17, 15) is 32.5 Å². The molecular weight excluding hydrogens is 433 g/mol. The van der Waals surface area contributed by atoms with Crippen molar-refractivity contribution in [1.29, 1.82) is 5.26 Å². The molecule has 2 aromatic carbocycles. The van der Waals surface area contributed by atoms with E-state index in [4.69, 9.17) is 16.9 Å². The number of ether oxygens (including phenoxy) is 1. The number of nitrogens with one attached hydrogen (secondary N) is 1. The van der Waals surface area contributed by atoms with Crippen LogP contribution in [0.3, 0.4) is 0 Å². The van der Waals surface area contributed by atoms with Gasteiger partial charge in [-0.05, 0) is 24.3 Å². The molecule has 0 heterocycles. The number of carbonyl (C=O) groups is 1. The van der Waals surface area contributed by atoms with Crippen molar-refractivity contribution in [1.82, 2.24) is 0 Å². The summed E-state index contributed by atoms with van der Waals surface area (Å²) in [5.74, 6) is -2.03. The second-order valence-electron chi connectivity index (χ2n) is 5.11. The van der Waals surface area contributed by atoms with Crippen LogP contribution in [-0.2, 0) is 0 Å². The topological polar surface area (TPSA) is 105 Å². The van der Waals surface area contributed by atoms with E-state index in [-0.39, 0.29) is 35.1 Å². The van der Waals surface area contributed by atoms with E-state index < -0.39 is 51.1 Å². The number of halogens is 5. The summed E-state index contributed by atoms with van der Waals surface area (Å²) in [6, 6.07) is 7.97. The fraction of sp³-hybridized carbons (Fsp3) is 0.125. The zero-order chi connectivity index (χ0) is 21.1. The molecule has 29 heavy (non-hydrogen) atoms. The van der Waals surface area contributed by atoms with Gasteiger partial charge in [-0.1, -0.05) is 23.7 Å². The second-order valence-corrected chi connectivity index (χ2v) is 5.48. The summed E-state index contributed by atoms with van der Waals surface area (Å²) in [5, 5.41) is 21.6. The molecule has 0 saturated carbocycles. The van der Waals surface area contributed by atoms with Crippen molar-refractivity contribution >= 4 is 58.4 Å². The first-order chi connectivity index (χ1) is 13.1. The molecule has 0 aromatic heterocycles. The summed E-state index contributed by atoms with van der Waals surface area (Å²) in [7, 11) is 0. The zero-order valence-corrected chi connectivity index (χ0v) is 14.2. The molecule has 0 fully saturated rings. The zero-order valence-electron chi connectivity index (χ0n) is 13.5. The molecule has 7 nitrogen and oxygen atoms in total. The monoisotopic (exact) mass is 441 g/mol. The van der Waals surface area contributed by atoms with Crippen molar-refractivity contribution in [2.75, 3.05) is 5.32 Å². The van der Waals surface area contributed by atoms with Gasteiger partial charge in [0, 0.05) is 0 Å². The van der Waals surface area contributed by atoms with Gasteiger partial charge in [0.05, 0.1) is 16.1 Å². The predicted molar refractivity (Wildman–Crippen MR) is 95.9 cm³/mol. The number of alkyl halides is 4. The van der Waals surface area contributed by atoms with Crippen LogP contribution in [-0.4, -0.2) is 52.9 Å². The molecule has 0 spiro atoms. The standard InChI is InChI=1S/C16H8ClF4N3O4.Na.H/c17-12-8(7-22)5-6-10(13(12)24(26)27)23-14(25)9-3-1-2-4-11(9)28-16(20,21)15(18)19;;/h1-6,15H,(H,23,25);;. The molecule has 1 N–H and O–H groups in total. The molecule has 148 valence electrons. The SMILES string of the molecule is N#Cc1ccc(NC(=O)c2ccccc2OC(F)(F)C(F)F)c([N+](=O)[O-])c1Cl.[NaH]. The molecule has 2 aromatic rings. The normalized spacial score (nSPS) is 10.7. The number of anilines is 1. The number of para-hydroxylation sites is 1. The minimum absolute atomic E-state index is 0. The Morgan fingerprint density at radius 1 is 1.28 bits per heavy atom. The number of rotatable bonds is 6. The maximum atomic E-state index is 13.2. The molecule has 0 unspecified atom stereocenters. The molecule has 0 aliphatic rings. The van der Waals surface area contributed by atoms with Crippen LogP contribution in [0.1, 0.15) is 15.9 Å². The molecule has 0 aliphatic heterocycles. The van der Waals surface area contributed by atoms with E-state index in [0.29, 0.717) is 0 Å². The van der Waals surface area contributed by atoms with Gasteiger partial charge in [-0.3, -0.25) is 14.9 Å². The third-order valence-electron chi connectivity index (χ3n) is 3.30. The molecule has 0 aliphatic carbocycles. The summed E-state index contributed by atoms with van der Waals surface area (Å²) in [5.41, 5.74) is -2.05. The summed E-state index contributed by atoms with van der Waals surface area (Å²) >= 11 is 5.77. The predicted octanol–water partition coefficient (Wildman–Crippen LogP) is 3.96. The van der Waals surface area contributed by atoms with E-state index in [1.807, 2.05) is 0 Å². The molecular formula is C16H9ClF4N3NaO4. The maximum absolute atomic E-state index is 13.2. The van der Waals surface area contributed by atoms with Crippen molar-refractivity contribution in [3.63, 3.8) is 0 Å². The van der Waals surface area contributed by atoms with Crippen molar-refractivity contribution in [2.45, 2.75) is 12.5 Å². The van der Waals surface area contributed by atoms with Crippen molar-refractivity contribution in [3.05, 3.63) is 62.7 Å². The Hall–Kier alpha value is -2.39. The van der Waals surface area contributed by atoms with Crippen molar-refractivity contribution in [2.24, 2.45) is 0 Å². The summed E-state index contributed by atoms with van der Waals surface area (Å²) in [6.07, 6.45) is -9.01. The van der Waals surface area contributed by atoms with Crippen LogP contribution in [0.25, 0.3) is 0 Å². The Bertz CT molecular complexity index is 985. The number of amides is 1. The Morgan fingerprint density at radius 2 is 1.90 bits per heavy atom. The van der Waals surface area contributed by atoms with Crippen LogP contribution in [0.4, 0.5) is 28.9 Å². The van der Waals surface area contributed by atoms with Gasteiger partial charge in [0.2, 0.25) is 0 Å². The molecule has 2 rings (SSSR count). The number of carbonyl (C=O) groups excluding carboxylic acids is 1. The second kappa shape index (κ2) is 9.89. The first-order valence-corrected chi connectivity index (χ1v) is 7.58. The van der Waals surface area contributed by atoms with Crippen LogP contribution in [0, 0.1) is 21.4 Å². The third-order valence-corrected chi connectivity index (χ3v) is 3.68. The average molecular weight is 442 g/mol. The van der Waals surface area contributed by atoms with Crippen LogP contribution in [0.2, 0.25) is 5.02 Å². The number of nitrogens with zero attached hydrogens (tertiary/aromatic N) is 2. The quantitative estimate of drug-likeness (QED) is 0.316. The number of hydrogen-bond donors (Lipinski definition) is 1. The van der Waals surface area contributed by atoms with Crippen molar-refractivity contribution in [3.8, 4) is 11.8 Å². The Kier molecular flexibility index (Phi) is 8.40. The van der Waals surface area contributed by atoms with Gasteiger partial charge < -0.3 is 10.1 Å². The van der Waals surface area contributed by atoms with E-state index in [2.05, 4.69) is 10.1 Å². The third kappa shape index (κ3) is 5.57. The molecule has 0 atom stereocenters. The fourth-order valence-corrected chi connectivity index (χ4v) is 2.33. The molecule has 1 amide bonds. The van der Waals surface area contributed by atoms with Gasteiger partial charge in [-0.25, -0.2) is 0 Å². The van der Waals surface area contributed by atoms with Gasteiger partial charge >= 0.3 is 47.8 Å². The van der Waals surface area contributed by atoms with E-state index in [1.54, 1.807) is 6.07 Å². The van der Waals surface area contributed by atoms with Crippen LogP contribution >= 0.6 is 11.6 Å². The van der Waals surface area contributed by atoms with E-state index in [0.717, 1.165) is 30.3 Å². The minimum atomic E-state index is -4.86. The average Bonchev–Trinajstić information content (AvgIpc) is 2.61. The summed E-state index contributed by atoms with van der Waals surface area (Å²) in [4.78, 5) is 22.6. The first kappa shape index (κ1) is 24.6. The fourth-order valence-electron chi connectivity index (χ4n) is 2.05. The number of nitro groups is 1. The molecule has 0 saturated heterocycles. The van der Waals surface area contributed by atoms with Gasteiger partial charge in [-0.15, -0.1) is 0 Å². The van der Waals surface area contributed by atoms with Crippen LogP contribution < -0.4 is 10.1 Å². The first-order valence-electron chi connectivity index (χ1n) is 7.20. The number of nitriles is 1. The van der Waals surface area contributed by atoms with Gasteiger partial charge in [0.15, 0.2) is 0 Å². The summed E-state index contributed by atoms with van der Waals surface area (Å²) < 4.78 is 55.0. The van der Waals surface area contributed by atoms with Crippen molar-refractivity contribution < 1.29 is 32.0 Å². The number of nitro benzene ring substituents is 1. The molecule has 13 heteroatoms. The molecule has 0 radical (unpaired) electrons. The van der Waals surface area contributed by atoms with Gasteiger partial charge in [0.25, 0.3) is 5.91 Å². The van der Waals surface area contributed by atoms with Crippen LogP contribution in [0.5, 0.6) is 5.75 Å². The van der Waals surface area contributed by atoms with Gasteiger partial charge in [-0.2, -0.15) is 22.8 Å². The van der Waals surface area contributed by atoms with E-state index in [1.165, 1.54) is 6.07 Å². The Morgan fingerprint density at radius 3 is 2.45 bits per heavy atom. The van der Waals surface area contributed by atoms with Crippen LogP contribution in [0.15, 0.2) is 36.4 Å². The van der Waals surface area contributed by atoms with E-state index >= 15 is 0 Å². The number of benzene rings is 2. The Balaban J connectivity index is 0.00000420.